The molecule has 0 N–H and O–H groups in total. The van der Waals surface area contributed by atoms with Crippen LogP contribution in [-0.2, 0) is 24.1 Å². The molecule has 0 saturated carbocycles. The molecule has 5 nitrogen and oxygen atoms in total. The van der Waals surface area contributed by atoms with Crippen molar-refractivity contribution in [3.05, 3.63) is 50.9 Å². The third-order valence-electron chi connectivity index (χ3n) is 4.83. The second-order valence-corrected chi connectivity index (χ2v) is 8.09. The molecule has 1 aromatic heterocycles. The summed E-state index contributed by atoms with van der Waals surface area (Å²) in [6.45, 7) is 5.43. The van der Waals surface area contributed by atoms with E-state index in [9.17, 15) is 18.0 Å². The average molecular weight is 506 g/mol. The summed E-state index contributed by atoms with van der Waals surface area (Å²) in [6.07, 6.45) is -2.01. The van der Waals surface area contributed by atoms with Crippen LogP contribution in [0.1, 0.15) is 23.2 Å². The Morgan fingerprint density at radius 2 is 1.93 bits per heavy atom. The average Bonchev–Trinajstić information content (AvgIpc) is 2.98. The fourth-order valence-corrected chi connectivity index (χ4v) is 3.67. The monoisotopic (exact) mass is 506 g/mol. The van der Waals surface area contributed by atoms with Gasteiger partial charge in [-0.2, -0.15) is 18.3 Å². The zero-order chi connectivity index (χ0) is 20.3. The highest BCUT2D eigenvalue weighted by Gasteiger charge is 2.30. The van der Waals surface area contributed by atoms with Crippen molar-refractivity contribution in [1.29, 1.82) is 0 Å². The molecule has 0 radical (unpaired) electrons. The maximum Gasteiger partial charge on any atom is 0.416 e. The van der Waals surface area contributed by atoms with Gasteiger partial charge in [0.05, 0.1) is 14.8 Å². The Hall–Kier alpha value is -1.62. The van der Waals surface area contributed by atoms with E-state index in [4.69, 9.17) is 0 Å². The molecule has 9 heteroatoms. The lowest BCUT2D eigenvalue weighted by Crippen LogP contribution is -2.48. The first kappa shape index (κ1) is 21.1. The van der Waals surface area contributed by atoms with Crippen molar-refractivity contribution < 1.29 is 18.0 Å². The standard InChI is InChI=1S/C19H22F3IN4O/c1-14-17(23)13-27(24-14)6-5-18(28)26-9-7-25(8-10-26)12-15-3-2-4-16(11-15)19(20,21)22/h2-4,11,13H,5-10,12H2,1H3. The number of halogens is 4. The minimum atomic E-state index is -4.33. The molecule has 1 aromatic carbocycles. The largest absolute Gasteiger partial charge is 0.416 e. The first-order valence-electron chi connectivity index (χ1n) is 9.08. The van der Waals surface area contributed by atoms with Crippen LogP contribution in [0.25, 0.3) is 0 Å². The highest BCUT2D eigenvalue weighted by atomic mass is 127. The quantitative estimate of drug-likeness (QED) is 0.583. The van der Waals surface area contributed by atoms with E-state index in [1.54, 1.807) is 10.7 Å². The molecule has 3 rings (SSSR count). The van der Waals surface area contributed by atoms with Crippen molar-refractivity contribution in [3.63, 3.8) is 0 Å². The Morgan fingerprint density at radius 1 is 1.21 bits per heavy atom. The lowest BCUT2D eigenvalue weighted by Gasteiger charge is -2.35. The molecule has 1 aliphatic rings. The van der Waals surface area contributed by atoms with Gasteiger partial charge in [-0.05, 0) is 41.1 Å². The molecule has 0 aliphatic carbocycles. The first-order valence-corrected chi connectivity index (χ1v) is 10.2. The van der Waals surface area contributed by atoms with Gasteiger partial charge in [0.1, 0.15) is 0 Å². The maximum absolute atomic E-state index is 12.8. The highest BCUT2D eigenvalue weighted by Crippen LogP contribution is 2.29. The van der Waals surface area contributed by atoms with Crippen LogP contribution in [0.3, 0.4) is 0 Å². The van der Waals surface area contributed by atoms with Gasteiger partial charge < -0.3 is 4.90 Å². The summed E-state index contributed by atoms with van der Waals surface area (Å²) in [5.74, 6) is 0.0851. The van der Waals surface area contributed by atoms with Gasteiger partial charge in [0.15, 0.2) is 0 Å². The van der Waals surface area contributed by atoms with Crippen LogP contribution >= 0.6 is 22.6 Å². The Bertz CT molecular complexity index is 809. The van der Waals surface area contributed by atoms with Crippen LogP contribution in [0.5, 0.6) is 0 Å². The number of hydrogen-bond donors (Lipinski definition) is 0. The second-order valence-electron chi connectivity index (χ2n) is 6.93. The van der Waals surface area contributed by atoms with Crippen LogP contribution < -0.4 is 0 Å². The maximum atomic E-state index is 12.8. The van der Waals surface area contributed by atoms with Gasteiger partial charge in [-0.15, -0.1) is 0 Å². The number of amides is 1. The van der Waals surface area contributed by atoms with Crippen molar-refractivity contribution in [2.45, 2.75) is 32.6 Å². The second kappa shape index (κ2) is 8.81. The minimum Gasteiger partial charge on any atom is -0.340 e. The van der Waals surface area contributed by atoms with E-state index < -0.39 is 11.7 Å². The molecule has 1 aliphatic heterocycles. The number of nitrogens with zero attached hydrogens (tertiary/aromatic N) is 4. The van der Waals surface area contributed by atoms with Crippen LogP contribution in [0.15, 0.2) is 30.5 Å². The fraction of sp³-hybridized carbons (Fsp3) is 0.474. The SMILES string of the molecule is Cc1nn(CCC(=O)N2CCN(Cc3cccc(C(F)(F)F)c3)CC2)cc1I. The van der Waals surface area contributed by atoms with Gasteiger partial charge in [0.2, 0.25) is 5.91 Å². The minimum absolute atomic E-state index is 0.0851. The molecule has 0 bridgehead atoms. The topological polar surface area (TPSA) is 41.4 Å². The Morgan fingerprint density at radius 3 is 2.54 bits per heavy atom. The molecule has 1 saturated heterocycles. The van der Waals surface area contributed by atoms with E-state index in [0.717, 1.165) is 15.3 Å². The molecule has 0 unspecified atom stereocenters. The molecular formula is C19H22F3IN4O. The van der Waals surface area contributed by atoms with Crippen LogP contribution in [-0.4, -0.2) is 51.7 Å². The number of carbonyl (C=O) groups excluding carboxylic acids is 1. The molecule has 0 spiro atoms. The van der Waals surface area contributed by atoms with Crippen LogP contribution in [0, 0.1) is 10.5 Å². The summed E-state index contributed by atoms with van der Waals surface area (Å²) >= 11 is 2.22. The summed E-state index contributed by atoms with van der Waals surface area (Å²) in [5, 5.41) is 4.36. The zero-order valence-corrected chi connectivity index (χ0v) is 17.7. The van der Waals surface area contributed by atoms with E-state index in [-0.39, 0.29) is 5.91 Å². The molecule has 28 heavy (non-hydrogen) atoms. The van der Waals surface area contributed by atoms with Gasteiger partial charge >= 0.3 is 6.18 Å². The Balaban J connectivity index is 1.47. The molecule has 0 atom stereocenters. The normalized spacial score (nSPS) is 15.8. The van der Waals surface area contributed by atoms with E-state index >= 15 is 0 Å². The molecular weight excluding hydrogens is 484 g/mol. The van der Waals surface area contributed by atoms with Crippen LogP contribution in [0.4, 0.5) is 13.2 Å². The van der Waals surface area contributed by atoms with Crippen LogP contribution in [0.2, 0.25) is 0 Å². The molecule has 152 valence electrons. The number of piperazine rings is 1. The number of hydrogen-bond acceptors (Lipinski definition) is 3. The van der Waals surface area contributed by atoms with Gasteiger partial charge in [0.25, 0.3) is 0 Å². The zero-order valence-electron chi connectivity index (χ0n) is 15.5. The first-order chi connectivity index (χ1) is 13.2. The molecule has 2 aromatic rings. The van der Waals surface area contributed by atoms with Gasteiger partial charge in [-0.1, -0.05) is 18.2 Å². The highest BCUT2D eigenvalue weighted by molar-refractivity contribution is 14.1. The Labute approximate surface area is 175 Å². The lowest BCUT2D eigenvalue weighted by molar-refractivity contribution is -0.137. The summed E-state index contributed by atoms with van der Waals surface area (Å²) in [5.41, 5.74) is 0.969. The fourth-order valence-electron chi connectivity index (χ4n) is 3.24. The third-order valence-corrected chi connectivity index (χ3v) is 5.89. The number of carbonyl (C=O) groups is 1. The van der Waals surface area contributed by atoms with Gasteiger partial charge in [0, 0.05) is 51.9 Å². The summed E-state index contributed by atoms with van der Waals surface area (Å²) in [4.78, 5) is 16.3. The van der Waals surface area contributed by atoms with E-state index in [1.807, 2.05) is 18.0 Å². The smallest absolute Gasteiger partial charge is 0.340 e. The lowest BCUT2D eigenvalue weighted by atomic mass is 10.1. The van der Waals surface area contributed by atoms with E-state index in [1.165, 1.54) is 12.1 Å². The number of rotatable bonds is 5. The van der Waals surface area contributed by atoms with Crippen molar-refractivity contribution in [1.82, 2.24) is 19.6 Å². The van der Waals surface area contributed by atoms with Crippen molar-refractivity contribution in [3.8, 4) is 0 Å². The summed E-state index contributed by atoms with van der Waals surface area (Å²) < 4.78 is 41.4. The predicted octanol–water partition coefficient (Wildman–Crippen LogP) is 3.55. The van der Waals surface area contributed by atoms with E-state index in [0.29, 0.717) is 51.3 Å². The molecule has 2 heterocycles. The van der Waals surface area contributed by atoms with Crippen molar-refractivity contribution in [2.24, 2.45) is 0 Å². The van der Waals surface area contributed by atoms with Gasteiger partial charge in [-0.25, -0.2) is 0 Å². The van der Waals surface area contributed by atoms with Gasteiger partial charge in [-0.3, -0.25) is 14.4 Å². The number of benzene rings is 1. The predicted molar refractivity (Wildman–Crippen MR) is 108 cm³/mol. The number of aryl methyl sites for hydroxylation is 2. The number of alkyl halides is 3. The summed E-state index contributed by atoms with van der Waals surface area (Å²) in [7, 11) is 0. The van der Waals surface area contributed by atoms with Crippen molar-refractivity contribution in [2.75, 3.05) is 26.2 Å². The van der Waals surface area contributed by atoms with E-state index in [2.05, 4.69) is 32.6 Å². The Kier molecular flexibility index (Phi) is 6.64. The molecule has 1 amide bonds. The number of aromatic nitrogens is 2. The molecule has 1 fully saturated rings. The summed E-state index contributed by atoms with van der Waals surface area (Å²) in [6, 6.07) is 5.43. The third kappa shape index (κ3) is 5.47. The van der Waals surface area contributed by atoms with Crippen molar-refractivity contribution >= 4 is 28.5 Å².